The predicted octanol–water partition coefficient (Wildman–Crippen LogP) is 1.65. The molecule has 4 heterocycles. The fraction of sp³-hybridized carbons (Fsp3) is 0.522. The highest BCUT2D eigenvalue weighted by molar-refractivity contribution is 6.11. The van der Waals surface area contributed by atoms with E-state index >= 15 is 0 Å². The number of hydrogen-bond donors (Lipinski definition) is 2. The maximum absolute atomic E-state index is 12.9. The van der Waals surface area contributed by atoms with E-state index in [4.69, 9.17) is 9.72 Å². The van der Waals surface area contributed by atoms with Crippen LogP contribution in [-0.4, -0.2) is 70.5 Å². The van der Waals surface area contributed by atoms with Gasteiger partial charge in [-0.3, -0.25) is 14.9 Å². The lowest BCUT2D eigenvalue weighted by atomic mass is 9.91. The Balaban J connectivity index is 1.36. The number of aromatic nitrogens is 3. The average molecular weight is 452 g/mol. The van der Waals surface area contributed by atoms with Gasteiger partial charge in [0, 0.05) is 36.8 Å². The van der Waals surface area contributed by atoms with Crippen molar-refractivity contribution in [3.05, 3.63) is 30.1 Å². The molecule has 1 atom stereocenters. The summed E-state index contributed by atoms with van der Waals surface area (Å²) in [6, 6.07) is 3.87. The summed E-state index contributed by atoms with van der Waals surface area (Å²) in [4.78, 5) is 42.8. The monoisotopic (exact) mass is 451 g/mol. The second-order valence-corrected chi connectivity index (χ2v) is 9.28. The number of likely N-dealkylation sites (N-methyl/N-ethyl adjacent to an activating group) is 1. The number of pyridine rings is 1. The van der Waals surface area contributed by atoms with Crippen LogP contribution < -0.4 is 20.3 Å². The van der Waals surface area contributed by atoms with Gasteiger partial charge in [-0.05, 0) is 33.0 Å². The Hall–Kier alpha value is -3.27. The molecule has 0 aromatic carbocycles. The van der Waals surface area contributed by atoms with E-state index in [-0.39, 0.29) is 24.3 Å². The standard InChI is InChI=1S/C23H29N7O3/c1-29(2)9-10-33-19-8-7-16(14-24-19)26-22-25-13-15-11-23(12-18(31)27-21(23)32)30(20(15)28-22)17-5-3-4-6-17/h7-8,13-14,17H,3-6,9-12H2,1-2H3,(H,25,26,28)(H,27,31,32). The molecule has 2 aromatic rings. The molecule has 1 saturated heterocycles. The van der Waals surface area contributed by atoms with Gasteiger partial charge >= 0.3 is 0 Å². The minimum absolute atomic E-state index is 0.167. The summed E-state index contributed by atoms with van der Waals surface area (Å²) in [5.74, 6) is 1.30. The molecule has 2 amide bonds. The van der Waals surface area contributed by atoms with Gasteiger partial charge in [0.25, 0.3) is 5.91 Å². The van der Waals surface area contributed by atoms with Gasteiger partial charge in [0.05, 0.1) is 18.3 Å². The maximum Gasteiger partial charge on any atom is 0.253 e. The molecule has 10 heteroatoms. The number of carbonyl (C=O) groups is 2. The molecule has 33 heavy (non-hydrogen) atoms. The molecule has 2 fully saturated rings. The number of imide groups is 1. The van der Waals surface area contributed by atoms with Crippen molar-refractivity contribution < 1.29 is 14.3 Å². The fourth-order valence-electron chi connectivity index (χ4n) is 5.05. The smallest absolute Gasteiger partial charge is 0.253 e. The normalized spacial score (nSPS) is 22.3. The lowest BCUT2D eigenvalue weighted by molar-refractivity contribution is -0.126. The topological polar surface area (TPSA) is 113 Å². The highest BCUT2D eigenvalue weighted by Gasteiger charge is 2.58. The van der Waals surface area contributed by atoms with E-state index in [1.54, 1.807) is 18.5 Å². The van der Waals surface area contributed by atoms with Gasteiger partial charge in [-0.15, -0.1) is 0 Å². The highest BCUT2D eigenvalue weighted by Crippen LogP contribution is 2.46. The number of nitrogens with one attached hydrogen (secondary N) is 2. The zero-order valence-corrected chi connectivity index (χ0v) is 19.0. The Morgan fingerprint density at radius 3 is 2.67 bits per heavy atom. The van der Waals surface area contributed by atoms with Crippen LogP contribution in [0.5, 0.6) is 5.88 Å². The SMILES string of the molecule is CN(C)CCOc1ccc(Nc2ncc3c(n2)N(C2CCCC2)C2(CC(=O)NC2=O)C3)cn1. The molecule has 2 N–H and O–H groups in total. The van der Waals surface area contributed by atoms with Crippen LogP contribution in [0.3, 0.4) is 0 Å². The number of rotatable bonds is 7. The number of anilines is 3. The van der Waals surface area contributed by atoms with E-state index in [1.165, 1.54) is 0 Å². The Bertz CT molecular complexity index is 1050. The summed E-state index contributed by atoms with van der Waals surface area (Å²) in [6.07, 6.45) is 8.30. The third kappa shape index (κ3) is 4.10. The van der Waals surface area contributed by atoms with Gasteiger partial charge in [-0.2, -0.15) is 4.98 Å². The second kappa shape index (κ2) is 8.58. The van der Waals surface area contributed by atoms with Crippen LogP contribution in [0.15, 0.2) is 24.5 Å². The van der Waals surface area contributed by atoms with Gasteiger partial charge in [-0.1, -0.05) is 12.8 Å². The summed E-state index contributed by atoms with van der Waals surface area (Å²) in [5, 5.41) is 5.71. The molecule has 1 spiro atoms. The molecule has 10 nitrogen and oxygen atoms in total. The van der Waals surface area contributed by atoms with Crippen molar-refractivity contribution in [2.24, 2.45) is 0 Å². The van der Waals surface area contributed by atoms with Crippen LogP contribution in [0.25, 0.3) is 0 Å². The van der Waals surface area contributed by atoms with E-state index in [2.05, 4.69) is 25.5 Å². The summed E-state index contributed by atoms with van der Waals surface area (Å²) in [6.45, 7) is 1.38. The number of hydrogen-bond acceptors (Lipinski definition) is 9. The Labute approximate surface area is 192 Å². The van der Waals surface area contributed by atoms with Crippen LogP contribution in [0.2, 0.25) is 0 Å². The molecule has 5 rings (SSSR count). The summed E-state index contributed by atoms with van der Waals surface area (Å²) in [5.41, 5.74) is 0.762. The third-order valence-corrected chi connectivity index (χ3v) is 6.61. The number of carbonyl (C=O) groups excluding carboxylic acids is 2. The van der Waals surface area contributed by atoms with Gasteiger partial charge < -0.3 is 19.9 Å². The minimum atomic E-state index is -0.880. The third-order valence-electron chi connectivity index (χ3n) is 6.61. The maximum atomic E-state index is 12.9. The molecule has 1 unspecified atom stereocenters. The van der Waals surface area contributed by atoms with Crippen LogP contribution in [0, 0.1) is 0 Å². The van der Waals surface area contributed by atoms with Crippen LogP contribution >= 0.6 is 0 Å². The van der Waals surface area contributed by atoms with E-state index < -0.39 is 5.54 Å². The first-order valence-electron chi connectivity index (χ1n) is 11.4. The van der Waals surface area contributed by atoms with Crippen molar-refractivity contribution >= 4 is 29.3 Å². The van der Waals surface area contributed by atoms with Crippen molar-refractivity contribution in [3.8, 4) is 5.88 Å². The first-order valence-corrected chi connectivity index (χ1v) is 11.4. The van der Waals surface area contributed by atoms with Crippen LogP contribution in [0.1, 0.15) is 37.7 Å². The predicted molar refractivity (Wildman–Crippen MR) is 123 cm³/mol. The summed E-state index contributed by atoms with van der Waals surface area (Å²) < 4.78 is 5.64. The number of nitrogens with zero attached hydrogens (tertiary/aromatic N) is 5. The van der Waals surface area contributed by atoms with Gasteiger partial charge in [0.1, 0.15) is 18.0 Å². The zero-order chi connectivity index (χ0) is 23.0. The fourth-order valence-corrected chi connectivity index (χ4v) is 5.05. The van der Waals surface area contributed by atoms with Gasteiger partial charge in [0.15, 0.2) is 0 Å². The first-order chi connectivity index (χ1) is 15.9. The largest absolute Gasteiger partial charge is 0.476 e. The zero-order valence-electron chi connectivity index (χ0n) is 19.0. The molecule has 174 valence electrons. The second-order valence-electron chi connectivity index (χ2n) is 9.28. The molecular formula is C23H29N7O3. The van der Waals surface area contributed by atoms with Gasteiger partial charge in [-0.25, -0.2) is 9.97 Å². The van der Waals surface area contributed by atoms with E-state index in [1.807, 2.05) is 25.1 Å². The molecule has 1 saturated carbocycles. The van der Waals surface area contributed by atoms with Crippen molar-refractivity contribution in [2.45, 2.75) is 50.1 Å². The number of amides is 2. The highest BCUT2D eigenvalue weighted by atomic mass is 16.5. The Kier molecular flexibility index (Phi) is 5.61. The van der Waals surface area contributed by atoms with Crippen molar-refractivity contribution in [2.75, 3.05) is 37.5 Å². The van der Waals surface area contributed by atoms with E-state index in [0.29, 0.717) is 24.9 Å². The van der Waals surface area contributed by atoms with E-state index in [0.717, 1.165) is 49.3 Å². The summed E-state index contributed by atoms with van der Waals surface area (Å²) >= 11 is 0. The molecule has 3 aliphatic rings. The molecule has 0 radical (unpaired) electrons. The number of fused-ring (bicyclic) bond motifs is 1. The van der Waals surface area contributed by atoms with Crippen LogP contribution in [0.4, 0.5) is 17.5 Å². The minimum Gasteiger partial charge on any atom is -0.476 e. The van der Waals surface area contributed by atoms with Crippen LogP contribution in [-0.2, 0) is 16.0 Å². The lowest BCUT2D eigenvalue weighted by Gasteiger charge is -2.38. The lowest BCUT2D eigenvalue weighted by Crippen LogP contribution is -2.56. The van der Waals surface area contributed by atoms with E-state index in [9.17, 15) is 9.59 Å². The molecule has 0 bridgehead atoms. The number of ether oxygens (including phenoxy) is 1. The molecule has 1 aliphatic carbocycles. The van der Waals surface area contributed by atoms with Crippen molar-refractivity contribution in [3.63, 3.8) is 0 Å². The quantitative estimate of drug-likeness (QED) is 0.607. The molecule has 2 aromatic heterocycles. The summed E-state index contributed by atoms with van der Waals surface area (Å²) in [7, 11) is 3.99. The average Bonchev–Trinajstić information content (AvgIpc) is 3.47. The molecular weight excluding hydrogens is 422 g/mol. The van der Waals surface area contributed by atoms with Crippen molar-refractivity contribution in [1.29, 1.82) is 0 Å². The van der Waals surface area contributed by atoms with Crippen molar-refractivity contribution in [1.82, 2.24) is 25.2 Å². The Morgan fingerprint density at radius 1 is 1.18 bits per heavy atom. The Morgan fingerprint density at radius 2 is 2.00 bits per heavy atom. The van der Waals surface area contributed by atoms with Gasteiger partial charge in [0.2, 0.25) is 17.7 Å². The molecule has 2 aliphatic heterocycles. The first kappa shape index (κ1) is 21.6.